The molecule has 6 heteroatoms. The lowest BCUT2D eigenvalue weighted by Gasteiger charge is -2.11. The predicted octanol–water partition coefficient (Wildman–Crippen LogP) is -0.0676. The van der Waals surface area contributed by atoms with Crippen LogP contribution >= 0.6 is 0 Å². The van der Waals surface area contributed by atoms with Crippen molar-refractivity contribution >= 4 is 5.82 Å². The minimum atomic E-state index is -0.796. The lowest BCUT2D eigenvalue weighted by atomic mass is 9.98. The monoisotopic (exact) mass is 249 g/mol. The molecule has 0 bridgehead atoms. The number of nitrogen functional groups attached to an aromatic ring is 1. The average Bonchev–Trinajstić information content (AvgIpc) is 2.64. The molecule has 1 aromatic heterocycles. The molecule has 0 aromatic carbocycles. The molecule has 1 aromatic rings. The van der Waals surface area contributed by atoms with Gasteiger partial charge in [0.15, 0.2) is 0 Å². The third kappa shape index (κ3) is 2.09. The molecular formula is C12H15N3O3. The molecular weight excluding hydrogens is 234 g/mol. The summed E-state index contributed by atoms with van der Waals surface area (Å²) in [6.07, 6.45) is -0.290. The highest BCUT2D eigenvalue weighted by atomic mass is 16.3. The van der Waals surface area contributed by atoms with Gasteiger partial charge in [-0.25, -0.2) is 0 Å². The lowest BCUT2D eigenvalue weighted by molar-refractivity contribution is 0.111. The first-order valence-corrected chi connectivity index (χ1v) is 5.59. The van der Waals surface area contributed by atoms with Gasteiger partial charge in [0.2, 0.25) is 0 Å². The van der Waals surface area contributed by atoms with E-state index in [9.17, 15) is 15.3 Å². The van der Waals surface area contributed by atoms with Crippen molar-refractivity contribution in [3.63, 3.8) is 0 Å². The van der Waals surface area contributed by atoms with Gasteiger partial charge in [-0.2, -0.15) is 9.97 Å². The van der Waals surface area contributed by atoms with Gasteiger partial charge in [0.25, 0.3) is 0 Å². The number of hydrogen-bond acceptors (Lipinski definition) is 6. The zero-order valence-corrected chi connectivity index (χ0v) is 9.74. The largest absolute Gasteiger partial charge is 0.479 e. The fourth-order valence-corrected chi connectivity index (χ4v) is 2.35. The Hall–Kier alpha value is -1.88. The quantitative estimate of drug-likeness (QED) is 0.546. The van der Waals surface area contributed by atoms with E-state index in [0.717, 1.165) is 0 Å². The van der Waals surface area contributed by atoms with Gasteiger partial charge in [0.05, 0.1) is 11.8 Å². The minimum absolute atomic E-state index is 0.130. The van der Waals surface area contributed by atoms with Gasteiger partial charge in [-0.1, -0.05) is 6.58 Å². The zero-order valence-electron chi connectivity index (χ0n) is 9.74. The number of hydrogen-bond donors (Lipinski definition) is 4. The number of anilines is 1. The van der Waals surface area contributed by atoms with Crippen molar-refractivity contribution in [2.24, 2.45) is 5.92 Å². The standard InChI is InChI=1S/C12H15N3O3/c1-2-7-8(3-6(5-16)11(7)17)9-4-10(13)15-12(18)14-9/h4,6,8,11,16-17H,1,3,5H2,(H3,13,14,15,18)/t6-,8-,11-/m0/s1. The number of aliphatic hydroxyl groups excluding tert-OH is 2. The molecule has 0 unspecified atom stereocenters. The number of aliphatic hydroxyl groups is 2. The van der Waals surface area contributed by atoms with E-state index in [2.05, 4.69) is 22.3 Å². The second-order valence-electron chi connectivity index (χ2n) is 4.33. The maximum Gasteiger partial charge on any atom is 0.316 e. The van der Waals surface area contributed by atoms with Crippen LogP contribution in [0.3, 0.4) is 0 Å². The van der Waals surface area contributed by atoms with Crippen LogP contribution in [0.5, 0.6) is 6.01 Å². The van der Waals surface area contributed by atoms with Crippen molar-refractivity contribution in [2.75, 3.05) is 12.3 Å². The average molecular weight is 249 g/mol. The molecule has 0 saturated heterocycles. The highest BCUT2D eigenvalue weighted by Gasteiger charge is 2.39. The first-order chi connectivity index (χ1) is 8.56. The van der Waals surface area contributed by atoms with E-state index < -0.39 is 12.1 Å². The molecule has 0 spiro atoms. The molecule has 0 radical (unpaired) electrons. The number of nitrogens with zero attached hydrogens (tertiary/aromatic N) is 2. The fourth-order valence-electron chi connectivity index (χ4n) is 2.35. The van der Waals surface area contributed by atoms with Gasteiger partial charge in [0.1, 0.15) is 5.82 Å². The van der Waals surface area contributed by atoms with E-state index in [4.69, 9.17) is 5.73 Å². The van der Waals surface area contributed by atoms with Crippen LogP contribution in [0.25, 0.3) is 0 Å². The van der Waals surface area contributed by atoms with E-state index in [1.165, 1.54) is 6.07 Å². The Kier molecular flexibility index (Phi) is 3.34. The first kappa shape index (κ1) is 12.6. The van der Waals surface area contributed by atoms with Crippen molar-refractivity contribution in [3.8, 4) is 6.01 Å². The van der Waals surface area contributed by atoms with Crippen LogP contribution in [0.1, 0.15) is 18.0 Å². The van der Waals surface area contributed by atoms with Gasteiger partial charge in [0, 0.05) is 30.1 Å². The molecule has 2 rings (SSSR count). The Morgan fingerprint density at radius 1 is 1.50 bits per heavy atom. The Morgan fingerprint density at radius 3 is 2.78 bits per heavy atom. The Labute approximate surface area is 104 Å². The summed E-state index contributed by atoms with van der Waals surface area (Å²) in [6.45, 7) is 3.41. The van der Waals surface area contributed by atoms with Crippen LogP contribution in [-0.2, 0) is 0 Å². The third-order valence-corrected chi connectivity index (χ3v) is 3.23. The number of aromatic nitrogens is 2. The van der Waals surface area contributed by atoms with Crippen LogP contribution in [0, 0.1) is 5.92 Å². The highest BCUT2D eigenvalue weighted by Crippen LogP contribution is 2.42. The molecule has 96 valence electrons. The van der Waals surface area contributed by atoms with Crippen molar-refractivity contribution in [1.29, 1.82) is 0 Å². The Balaban J connectivity index is 2.41. The lowest BCUT2D eigenvalue weighted by Crippen LogP contribution is -2.17. The predicted molar refractivity (Wildman–Crippen MR) is 64.7 cm³/mol. The summed E-state index contributed by atoms with van der Waals surface area (Å²) in [5, 5.41) is 28.5. The molecule has 6 nitrogen and oxygen atoms in total. The maximum atomic E-state index is 9.98. The normalized spacial score (nSPS) is 27.2. The zero-order chi connectivity index (χ0) is 13.3. The topological polar surface area (TPSA) is 112 Å². The number of aromatic hydroxyl groups is 1. The van der Waals surface area contributed by atoms with Crippen LogP contribution in [0.4, 0.5) is 5.82 Å². The first-order valence-electron chi connectivity index (χ1n) is 5.59. The summed E-state index contributed by atoms with van der Waals surface area (Å²) in [5.74, 6) is -0.383. The second kappa shape index (κ2) is 4.78. The van der Waals surface area contributed by atoms with Crippen molar-refractivity contribution in [1.82, 2.24) is 9.97 Å². The molecule has 1 aliphatic carbocycles. The summed E-state index contributed by atoms with van der Waals surface area (Å²) in [5.41, 5.74) is 9.30. The van der Waals surface area contributed by atoms with Crippen molar-refractivity contribution in [2.45, 2.75) is 18.4 Å². The molecule has 1 aliphatic rings. The molecule has 0 amide bonds. The van der Waals surface area contributed by atoms with E-state index >= 15 is 0 Å². The molecule has 5 N–H and O–H groups in total. The summed E-state index contributed by atoms with van der Waals surface area (Å²) in [7, 11) is 0. The van der Waals surface area contributed by atoms with Crippen LogP contribution in [0.2, 0.25) is 0 Å². The molecule has 1 heterocycles. The molecule has 1 fully saturated rings. The van der Waals surface area contributed by atoms with Crippen LogP contribution in [0.15, 0.2) is 23.9 Å². The van der Waals surface area contributed by atoms with Gasteiger partial charge in [-0.15, -0.1) is 5.73 Å². The van der Waals surface area contributed by atoms with Gasteiger partial charge < -0.3 is 21.1 Å². The van der Waals surface area contributed by atoms with E-state index in [1.54, 1.807) is 0 Å². The highest BCUT2D eigenvalue weighted by molar-refractivity contribution is 5.38. The molecule has 1 saturated carbocycles. The number of rotatable bonds is 2. The summed E-state index contributed by atoms with van der Waals surface area (Å²) in [6, 6.07) is 1.13. The van der Waals surface area contributed by atoms with E-state index in [1.807, 2.05) is 0 Å². The van der Waals surface area contributed by atoms with Crippen LogP contribution < -0.4 is 5.73 Å². The van der Waals surface area contributed by atoms with E-state index in [0.29, 0.717) is 17.7 Å². The fraction of sp³-hybridized carbons (Fsp3) is 0.417. The maximum absolute atomic E-state index is 9.98. The Morgan fingerprint density at radius 2 is 2.22 bits per heavy atom. The van der Waals surface area contributed by atoms with Gasteiger partial charge in [-0.3, -0.25) is 0 Å². The third-order valence-electron chi connectivity index (χ3n) is 3.23. The van der Waals surface area contributed by atoms with Gasteiger partial charge >= 0.3 is 6.01 Å². The smallest absolute Gasteiger partial charge is 0.316 e. The summed E-state index contributed by atoms with van der Waals surface area (Å²) >= 11 is 0. The molecule has 0 aliphatic heterocycles. The van der Waals surface area contributed by atoms with Crippen molar-refractivity contribution in [3.05, 3.63) is 29.6 Å². The molecule has 18 heavy (non-hydrogen) atoms. The minimum Gasteiger partial charge on any atom is -0.479 e. The summed E-state index contributed by atoms with van der Waals surface area (Å²) in [4.78, 5) is 7.48. The van der Waals surface area contributed by atoms with E-state index in [-0.39, 0.29) is 24.3 Å². The van der Waals surface area contributed by atoms with Crippen LogP contribution in [-0.4, -0.2) is 38.0 Å². The SMILES string of the molecule is C=C=C1[C@@H](O)[C@H](CO)C[C@@H]1c1cc(N)nc(O)n1. The Bertz CT molecular complexity index is 491. The van der Waals surface area contributed by atoms with Crippen molar-refractivity contribution < 1.29 is 15.3 Å². The van der Waals surface area contributed by atoms with Gasteiger partial charge in [-0.05, 0) is 6.42 Å². The second-order valence-corrected chi connectivity index (χ2v) is 4.33. The molecule has 3 atom stereocenters. The number of nitrogens with two attached hydrogens (primary N) is 1. The summed E-state index contributed by atoms with van der Waals surface area (Å²) < 4.78 is 0.